The summed E-state index contributed by atoms with van der Waals surface area (Å²) in [5, 5.41) is 4.68. The first-order chi connectivity index (χ1) is 13.1. The molecule has 134 valence electrons. The van der Waals surface area contributed by atoms with Crippen molar-refractivity contribution in [2.75, 3.05) is 0 Å². The van der Waals surface area contributed by atoms with Crippen LogP contribution in [0.5, 0.6) is 0 Å². The van der Waals surface area contributed by atoms with E-state index in [2.05, 4.69) is 10.3 Å². The molecule has 27 heavy (non-hydrogen) atoms. The molecule has 0 aliphatic rings. The molecule has 0 saturated heterocycles. The van der Waals surface area contributed by atoms with Crippen molar-refractivity contribution in [1.29, 1.82) is 0 Å². The highest BCUT2D eigenvalue weighted by Crippen LogP contribution is 2.23. The molecule has 0 fully saturated rings. The molecule has 0 aliphatic heterocycles. The van der Waals surface area contributed by atoms with E-state index in [9.17, 15) is 9.59 Å². The maximum atomic E-state index is 12.9. The molecule has 6 heteroatoms. The number of fused-ring (bicyclic) bond motifs is 1. The van der Waals surface area contributed by atoms with Crippen molar-refractivity contribution < 1.29 is 4.79 Å². The first-order valence-electron chi connectivity index (χ1n) is 8.52. The average molecular weight is 375 g/mol. The minimum absolute atomic E-state index is 0.0372. The van der Waals surface area contributed by atoms with Gasteiger partial charge in [-0.05, 0) is 18.1 Å². The second-order valence-corrected chi connectivity index (χ2v) is 7.09. The van der Waals surface area contributed by atoms with E-state index in [0.717, 1.165) is 22.4 Å². The quantitative estimate of drug-likeness (QED) is 0.592. The number of hydrogen-bond donors (Lipinski definition) is 1. The molecule has 2 heterocycles. The highest BCUT2D eigenvalue weighted by atomic mass is 32.1. The minimum Gasteiger partial charge on any atom is -0.348 e. The van der Waals surface area contributed by atoms with Crippen LogP contribution in [0.3, 0.4) is 0 Å². The van der Waals surface area contributed by atoms with E-state index < -0.39 is 5.91 Å². The Labute approximate surface area is 160 Å². The van der Waals surface area contributed by atoms with Gasteiger partial charge in [0.2, 0.25) is 0 Å². The molecular weight excluding hydrogens is 358 g/mol. The van der Waals surface area contributed by atoms with Gasteiger partial charge < -0.3 is 5.32 Å². The van der Waals surface area contributed by atoms with Gasteiger partial charge in [0.15, 0.2) is 4.96 Å². The summed E-state index contributed by atoms with van der Waals surface area (Å²) in [5.41, 5.74) is 3.45. The molecule has 2 aromatic heterocycles. The number of carbonyl (C=O) groups excluding carboxylic acids is 1. The molecule has 4 aromatic rings. The number of nitrogens with zero attached hydrogens (tertiary/aromatic N) is 2. The lowest BCUT2D eigenvalue weighted by molar-refractivity contribution is 0.0949. The van der Waals surface area contributed by atoms with Crippen molar-refractivity contribution in [3.8, 4) is 11.3 Å². The lowest BCUT2D eigenvalue weighted by Gasteiger charge is -2.07. The third-order valence-corrected chi connectivity index (χ3v) is 5.17. The van der Waals surface area contributed by atoms with Gasteiger partial charge in [-0.15, -0.1) is 11.3 Å². The molecule has 0 saturated carbocycles. The van der Waals surface area contributed by atoms with Gasteiger partial charge in [-0.1, -0.05) is 60.2 Å². The topological polar surface area (TPSA) is 63.5 Å². The largest absolute Gasteiger partial charge is 0.348 e. The molecule has 1 N–H and O–H groups in total. The fourth-order valence-electron chi connectivity index (χ4n) is 2.84. The predicted octanol–water partition coefficient (Wildman–Crippen LogP) is 3.66. The van der Waals surface area contributed by atoms with Crippen molar-refractivity contribution in [3.63, 3.8) is 0 Å². The van der Waals surface area contributed by atoms with Crippen molar-refractivity contribution in [3.05, 3.63) is 93.2 Å². The Morgan fingerprint density at radius 3 is 2.59 bits per heavy atom. The summed E-state index contributed by atoms with van der Waals surface area (Å²) < 4.78 is 1.50. The lowest BCUT2D eigenvalue weighted by atomic mass is 10.1. The predicted molar refractivity (Wildman–Crippen MR) is 107 cm³/mol. The summed E-state index contributed by atoms with van der Waals surface area (Å²) in [6, 6.07) is 17.5. The standard InChI is InChI=1S/C21H17N3O2S/c1-14-7-9-15(10-8-14)11-22-19(25)17-12-23-21-24(20(17)26)18(13-27-21)16-5-3-2-4-6-16/h2-10,12-13H,11H2,1H3,(H,22,25). The van der Waals surface area contributed by atoms with Gasteiger partial charge in [-0.25, -0.2) is 4.98 Å². The van der Waals surface area contributed by atoms with Crippen LogP contribution >= 0.6 is 11.3 Å². The van der Waals surface area contributed by atoms with Crippen LogP contribution in [-0.2, 0) is 6.54 Å². The summed E-state index contributed by atoms with van der Waals surface area (Å²) in [7, 11) is 0. The average Bonchev–Trinajstić information content (AvgIpc) is 3.13. The van der Waals surface area contributed by atoms with Crippen LogP contribution in [0.4, 0.5) is 0 Å². The summed E-state index contributed by atoms with van der Waals surface area (Å²) in [6.07, 6.45) is 1.35. The zero-order chi connectivity index (χ0) is 18.8. The van der Waals surface area contributed by atoms with Gasteiger partial charge in [-0.3, -0.25) is 14.0 Å². The van der Waals surface area contributed by atoms with Crippen LogP contribution < -0.4 is 10.9 Å². The maximum absolute atomic E-state index is 12.9. The number of carbonyl (C=O) groups is 1. The Bertz CT molecular complexity index is 1160. The summed E-state index contributed by atoms with van der Waals surface area (Å²) >= 11 is 1.38. The summed E-state index contributed by atoms with van der Waals surface area (Å²) in [5.74, 6) is -0.423. The number of hydrogen-bond acceptors (Lipinski definition) is 4. The summed E-state index contributed by atoms with van der Waals surface area (Å²) in [6.45, 7) is 2.37. The number of aromatic nitrogens is 2. The smallest absolute Gasteiger partial charge is 0.271 e. The molecular formula is C21H17N3O2S. The first-order valence-corrected chi connectivity index (χ1v) is 9.40. The second kappa shape index (κ2) is 7.17. The van der Waals surface area contributed by atoms with Crippen LogP contribution in [0.25, 0.3) is 16.2 Å². The highest BCUT2D eigenvalue weighted by molar-refractivity contribution is 7.15. The SMILES string of the molecule is Cc1ccc(CNC(=O)c2cnc3scc(-c4ccccc4)n3c2=O)cc1. The first kappa shape index (κ1) is 17.2. The maximum Gasteiger partial charge on any atom is 0.271 e. The fraction of sp³-hybridized carbons (Fsp3) is 0.0952. The van der Waals surface area contributed by atoms with E-state index in [-0.39, 0.29) is 11.1 Å². The van der Waals surface area contributed by atoms with Gasteiger partial charge in [0.1, 0.15) is 5.56 Å². The van der Waals surface area contributed by atoms with Gasteiger partial charge in [0.25, 0.3) is 11.5 Å². The van der Waals surface area contributed by atoms with E-state index >= 15 is 0 Å². The van der Waals surface area contributed by atoms with Gasteiger partial charge >= 0.3 is 0 Å². The van der Waals surface area contributed by atoms with Gasteiger partial charge in [0.05, 0.1) is 5.69 Å². The van der Waals surface area contributed by atoms with E-state index in [1.54, 1.807) is 0 Å². The molecule has 0 bridgehead atoms. The van der Waals surface area contributed by atoms with Crippen LogP contribution in [-0.4, -0.2) is 15.3 Å². The number of nitrogens with one attached hydrogen (secondary N) is 1. The molecule has 1 amide bonds. The number of aryl methyl sites for hydroxylation is 1. The van der Waals surface area contributed by atoms with Crippen LogP contribution in [0, 0.1) is 6.92 Å². The summed E-state index contributed by atoms with van der Waals surface area (Å²) in [4.78, 5) is 30.4. The zero-order valence-corrected chi connectivity index (χ0v) is 15.5. The van der Waals surface area contributed by atoms with Crippen molar-refractivity contribution in [1.82, 2.24) is 14.7 Å². The van der Waals surface area contributed by atoms with E-state index in [4.69, 9.17) is 0 Å². The molecule has 0 radical (unpaired) electrons. The third-order valence-electron chi connectivity index (χ3n) is 4.33. The number of thiazole rings is 1. The molecule has 0 unspecified atom stereocenters. The van der Waals surface area contributed by atoms with Crippen molar-refractivity contribution >= 4 is 22.2 Å². The Morgan fingerprint density at radius 1 is 1.11 bits per heavy atom. The van der Waals surface area contributed by atoms with E-state index in [0.29, 0.717) is 11.5 Å². The monoisotopic (exact) mass is 375 g/mol. The molecule has 5 nitrogen and oxygen atoms in total. The van der Waals surface area contributed by atoms with Crippen LogP contribution in [0.2, 0.25) is 0 Å². The van der Waals surface area contributed by atoms with E-state index in [1.807, 2.05) is 66.9 Å². The Balaban J connectivity index is 1.66. The normalized spacial score (nSPS) is 10.9. The zero-order valence-electron chi connectivity index (χ0n) is 14.7. The van der Waals surface area contributed by atoms with E-state index in [1.165, 1.54) is 21.9 Å². The van der Waals surface area contributed by atoms with Gasteiger partial charge in [0, 0.05) is 18.1 Å². The van der Waals surface area contributed by atoms with Crippen LogP contribution in [0.1, 0.15) is 21.5 Å². The molecule has 0 atom stereocenters. The van der Waals surface area contributed by atoms with Crippen molar-refractivity contribution in [2.45, 2.75) is 13.5 Å². The molecule has 0 spiro atoms. The molecule has 2 aromatic carbocycles. The van der Waals surface area contributed by atoms with Crippen LogP contribution in [0.15, 0.2) is 71.0 Å². The molecule has 4 rings (SSSR count). The lowest BCUT2D eigenvalue weighted by Crippen LogP contribution is -2.31. The number of amides is 1. The minimum atomic E-state index is -0.423. The Morgan fingerprint density at radius 2 is 1.85 bits per heavy atom. The second-order valence-electron chi connectivity index (χ2n) is 6.25. The molecule has 0 aliphatic carbocycles. The number of benzene rings is 2. The Hall–Kier alpha value is -3.25. The third kappa shape index (κ3) is 3.39. The van der Waals surface area contributed by atoms with Crippen molar-refractivity contribution in [2.24, 2.45) is 0 Å². The highest BCUT2D eigenvalue weighted by Gasteiger charge is 2.16. The number of rotatable bonds is 4. The Kier molecular flexibility index (Phi) is 4.56. The fourth-order valence-corrected chi connectivity index (χ4v) is 3.70. The van der Waals surface area contributed by atoms with Gasteiger partial charge in [-0.2, -0.15) is 0 Å².